The van der Waals surface area contributed by atoms with Crippen LogP contribution in [0.1, 0.15) is 35.4 Å². The van der Waals surface area contributed by atoms with Crippen LogP contribution in [-0.4, -0.2) is 42.0 Å². The number of nitriles is 2. The summed E-state index contributed by atoms with van der Waals surface area (Å²) >= 11 is 6.53. The van der Waals surface area contributed by atoms with Gasteiger partial charge in [0, 0.05) is 35.3 Å². The fourth-order valence-electron chi connectivity index (χ4n) is 5.36. The average Bonchev–Trinajstić information content (AvgIpc) is 3.30. The number of halogens is 4. The van der Waals surface area contributed by atoms with Gasteiger partial charge in [0.2, 0.25) is 5.91 Å². The van der Waals surface area contributed by atoms with E-state index in [-0.39, 0.29) is 33.1 Å². The third-order valence-electron chi connectivity index (χ3n) is 7.30. The highest BCUT2D eigenvalue weighted by atomic mass is 35.5. The third kappa shape index (κ3) is 5.57. The highest BCUT2D eigenvalue weighted by molar-refractivity contribution is 6.32. The maximum atomic E-state index is 14.4. The van der Waals surface area contributed by atoms with Crippen LogP contribution >= 0.6 is 11.6 Å². The van der Waals surface area contributed by atoms with Gasteiger partial charge in [0.25, 0.3) is 11.8 Å². The van der Waals surface area contributed by atoms with Gasteiger partial charge in [-0.1, -0.05) is 35.9 Å². The van der Waals surface area contributed by atoms with Crippen molar-refractivity contribution >= 4 is 40.9 Å². The van der Waals surface area contributed by atoms with Crippen LogP contribution in [0.3, 0.4) is 0 Å². The summed E-state index contributed by atoms with van der Waals surface area (Å²) in [6, 6.07) is 17.5. The lowest BCUT2D eigenvalue weighted by Gasteiger charge is -2.42. The van der Waals surface area contributed by atoms with Crippen molar-refractivity contribution in [2.75, 3.05) is 16.8 Å². The Balaban J connectivity index is 1.71. The van der Waals surface area contributed by atoms with Gasteiger partial charge in [0.1, 0.15) is 18.3 Å². The van der Waals surface area contributed by atoms with E-state index in [0.717, 1.165) is 17.0 Å². The summed E-state index contributed by atoms with van der Waals surface area (Å²) in [5, 5.41) is 23.9. The number of carbonyl (C=O) groups is 3. The number of cyclic esters (lactones) is 1. The molecule has 3 aromatic carbocycles. The van der Waals surface area contributed by atoms with Crippen LogP contribution in [0.2, 0.25) is 5.02 Å². The molecule has 1 saturated heterocycles. The molecule has 5 rings (SSSR count). The number of nitrogens with zero attached hydrogens (tertiary/aromatic N) is 3. The average molecular weight is 608 g/mol. The lowest BCUT2D eigenvalue weighted by Crippen LogP contribution is -2.64. The van der Waals surface area contributed by atoms with Crippen LogP contribution in [-0.2, 0) is 14.3 Å². The van der Waals surface area contributed by atoms with Gasteiger partial charge in [0.05, 0.1) is 23.3 Å². The molecule has 43 heavy (non-hydrogen) atoms. The minimum atomic E-state index is -2.97. The Morgan fingerprint density at radius 2 is 1.74 bits per heavy atom. The second-order valence-electron chi connectivity index (χ2n) is 10.2. The van der Waals surface area contributed by atoms with Crippen molar-refractivity contribution in [3.63, 3.8) is 0 Å². The monoisotopic (exact) mass is 607 g/mol. The molecule has 1 heterocycles. The van der Waals surface area contributed by atoms with E-state index >= 15 is 0 Å². The largest absolute Gasteiger partial charge is 0.446 e. The van der Waals surface area contributed by atoms with E-state index < -0.39 is 66.6 Å². The number of hydrogen-bond donors (Lipinski definition) is 2. The number of nitrogens with one attached hydrogen (secondary N) is 2. The van der Waals surface area contributed by atoms with Gasteiger partial charge >= 0.3 is 6.09 Å². The molecule has 2 fully saturated rings. The molecule has 0 bridgehead atoms. The van der Waals surface area contributed by atoms with Gasteiger partial charge in [0.15, 0.2) is 5.54 Å². The number of carbonyl (C=O) groups excluding carboxylic acids is 3. The number of amides is 3. The summed E-state index contributed by atoms with van der Waals surface area (Å²) in [6.45, 7) is -0.723. The van der Waals surface area contributed by atoms with E-state index in [2.05, 4.69) is 10.6 Å². The van der Waals surface area contributed by atoms with E-state index in [1.807, 2.05) is 6.07 Å². The van der Waals surface area contributed by atoms with Crippen LogP contribution in [0.4, 0.5) is 29.3 Å². The SMILES string of the molecule is N#Cc1cc(F)cc(NC(=O)C2([C@@H](C(=O)NC3CC(F)(F)C3)c3ccccc3Cl)COC(=O)N2c2cccc(C#N)c2)c1. The fourth-order valence-corrected chi connectivity index (χ4v) is 5.61. The van der Waals surface area contributed by atoms with Gasteiger partial charge < -0.3 is 15.4 Å². The lowest BCUT2D eigenvalue weighted by molar-refractivity contribution is -0.135. The first-order valence-electron chi connectivity index (χ1n) is 12.9. The zero-order chi connectivity index (χ0) is 30.9. The highest BCUT2D eigenvalue weighted by Crippen LogP contribution is 2.45. The molecule has 9 nitrogen and oxygen atoms in total. The molecule has 2 N–H and O–H groups in total. The van der Waals surface area contributed by atoms with E-state index in [1.165, 1.54) is 48.5 Å². The van der Waals surface area contributed by atoms with E-state index in [9.17, 15) is 38.1 Å². The Hall–Kier alpha value is -5.07. The minimum Gasteiger partial charge on any atom is -0.446 e. The fraction of sp³-hybridized carbons (Fsp3) is 0.233. The Labute approximate surface area is 248 Å². The summed E-state index contributed by atoms with van der Waals surface area (Å²) in [6.07, 6.45) is -2.31. The van der Waals surface area contributed by atoms with Crippen LogP contribution in [0.5, 0.6) is 0 Å². The van der Waals surface area contributed by atoms with Crippen molar-refractivity contribution in [3.05, 3.63) is 94.3 Å². The molecule has 1 aliphatic carbocycles. The first kappa shape index (κ1) is 29.4. The van der Waals surface area contributed by atoms with Crippen LogP contribution in [0.15, 0.2) is 66.7 Å². The topological polar surface area (TPSA) is 135 Å². The van der Waals surface area contributed by atoms with E-state index in [4.69, 9.17) is 16.3 Å². The smallest absolute Gasteiger partial charge is 0.415 e. The molecule has 1 unspecified atom stereocenters. The molecule has 218 valence electrons. The predicted molar refractivity (Wildman–Crippen MR) is 148 cm³/mol. The second-order valence-corrected chi connectivity index (χ2v) is 10.6. The van der Waals surface area contributed by atoms with E-state index in [1.54, 1.807) is 12.1 Å². The summed E-state index contributed by atoms with van der Waals surface area (Å²) < 4.78 is 47.1. The van der Waals surface area contributed by atoms with Crippen molar-refractivity contribution in [1.82, 2.24) is 5.32 Å². The summed E-state index contributed by atoms with van der Waals surface area (Å²) in [5.41, 5.74) is -2.37. The highest BCUT2D eigenvalue weighted by Gasteiger charge is 2.62. The first-order valence-corrected chi connectivity index (χ1v) is 13.3. The quantitative estimate of drug-likeness (QED) is 0.376. The normalized spacial score (nSPS) is 19.8. The molecule has 0 aromatic heterocycles. The van der Waals surface area contributed by atoms with Crippen LogP contribution in [0.25, 0.3) is 0 Å². The minimum absolute atomic E-state index is 0.00804. The summed E-state index contributed by atoms with van der Waals surface area (Å²) in [7, 11) is 0. The van der Waals surface area contributed by atoms with Gasteiger partial charge in [-0.2, -0.15) is 10.5 Å². The number of hydrogen-bond acceptors (Lipinski definition) is 6. The van der Waals surface area contributed by atoms with Crippen LogP contribution < -0.4 is 15.5 Å². The van der Waals surface area contributed by atoms with Crippen molar-refractivity contribution in [3.8, 4) is 12.1 Å². The van der Waals surface area contributed by atoms with Crippen molar-refractivity contribution in [2.24, 2.45) is 0 Å². The molecule has 2 atom stereocenters. The molecule has 13 heteroatoms. The Morgan fingerprint density at radius 3 is 2.42 bits per heavy atom. The number of anilines is 2. The Morgan fingerprint density at radius 1 is 1.02 bits per heavy atom. The molecule has 1 aliphatic heterocycles. The molecule has 2 aliphatic rings. The van der Waals surface area contributed by atoms with Crippen molar-refractivity contribution < 1.29 is 32.3 Å². The predicted octanol–water partition coefficient (Wildman–Crippen LogP) is 5.25. The Kier molecular flexibility index (Phi) is 7.74. The molecule has 0 radical (unpaired) electrons. The third-order valence-corrected chi connectivity index (χ3v) is 7.65. The summed E-state index contributed by atoms with van der Waals surface area (Å²) in [5.74, 6) is -7.41. The van der Waals surface area contributed by atoms with Gasteiger partial charge in [-0.05, 0) is 48.0 Å². The number of alkyl halides is 2. The number of rotatable bonds is 7. The molecule has 0 spiro atoms. The van der Waals surface area contributed by atoms with Gasteiger partial charge in [-0.15, -0.1) is 0 Å². The van der Waals surface area contributed by atoms with E-state index in [0.29, 0.717) is 0 Å². The molecule has 3 amide bonds. The van der Waals surface area contributed by atoms with Gasteiger partial charge in [-0.25, -0.2) is 18.0 Å². The maximum absolute atomic E-state index is 14.4. The lowest BCUT2D eigenvalue weighted by atomic mass is 9.76. The molecular formula is C30H21ClF3N5O4. The number of ether oxygens (including phenoxy) is 1. The van der Waals surface area contributed by atoms with Crippen molar-refractivity contribution in [1.29, 1.82) is 10.5 Å². The maximum Gasteiger partial charge on any atom is 0.415 e. The zero-order valence-corrected chi connectivity index (χ0v) is 22.9. The standard InChI is InChI=1S/C30H21ClF3N5O4/c31-24-7-2-1-6-23(24)25(26(40)37-21-12-29(33,34)13-21)30(27(41)38-20-9-18(15-36)8-19(32)11-20)16-43-28(42)39(30)22-5-3-4-17(10-22)14-35/h1-11,21,25H,12-13,16H2,(H,37,40)(H,38,41)/t25-,30?/m1/s1. The van der Waals surface area contributed by atoms with Crippen LogP contribution in [0, 0.1) is 28.5 Å². The summed E-state index contributed by atoms with van der Waals surface area (Å²) in [4.78, 5) is 42.8. The van der Waals surface area contributed by atoms with Crippen molar-refractivity contribution in [2.45, 2.75) is 36.3 Å². The second kappa shape index (κ2) is 11.3. The molecule has 1 saturated carbocycles. The molecular weight excluding hydrogens is 587 g/mol. The van der Waals surface area contributed by atoms with Gasteiger partial charge in [-0.3, -0.25) is 14.5 Å². The first-order chi connectivity index (χ1) is 20.5. The zero-order valence-electron chi connectivity index (χ0n) is 22.1. The Bertz CT molecular complexity index is 1710. The molecule has 3 aromatic rings. The number of benzene rings is 3.